The summed E-state index contributed by atoms with van der Waals surface area (Å²) in [6.45, 7) is 4.37. The second-order valence-corrected chi connectivity index (χ2v) is 6.36. The minimum Gasteiger partial charge on any atom is -0.383 e. The van der Waals surface area contributed by atoms with Crippen LogP contribution in [0.3, 0.4) is 0 Å². The highest BCUT2D eigenvalue weighted by molar-refractivity contribution is 5.97. The minimum atomic E-state index is -0.359. The Bertz CT molecular complexity index is 380. The van der Waals surface area contributed by atoms with Gasteiger partial charge in [0.25, 0.3) is 0 Å². The molecule has 2 rings (SSSR count). The monoisotopic (exact) mass is 296 g/mol. The van der Waals surface area contributed by atoms with Gasteiger partial charge in [0, 0.05) is 7.11 Å². The van der Waals surface area contributed by atoms with E-state index in [9.17, 15) is 9.59 Å². The largest absolute Gasteiger partial charge is 0.383 e. The lowest BCUT2D eigenvalue weighted by Gasteiger charge is -2.44. The van der Waals surface area contributed by atoms with Crippen LogP contribution >= 0.6 is 0 Å². The Morgan fingerprint density at radius 2 is 1.95 bits per heavy atom. The van der Waals surface area contributed by atoms with Crippen molar-refractivity contribution in [2.45, 2.75) is 70.5 Å². The molecule has 3 unspecified atom stereocenters. The molecular weight excluding hydrogens is 268 g/mol. The number of hydrogen-bond donors (Lipinski definition) is 1. The number of nitrogens with zero attached hydrogens (tertiary/aromatic N) is 1. The summed E-state index contributed by atoms with van der Waals surface area (Å²) in [7, 11) is 1.63. The topological polar surface area (TPSA) is 58.6 Å². The number of nitrogens with one attached hydrogen (secondary N) is 1. The van der Waals surface area contributed by atoms with Gasteiger partial charge < -0.3 is 15.0 Å². The molecule has 3 atom stereocenters. The van der Waals surface area contributed by atoms with Gasteiger partial charge in [0.1, 0.15) is 12.1 Å². The molecule has 0 bridgehead atoms. The minimum absolute atomic E-state index is 0.00405. The molecule has 2 amide bonds. The molecule has 1 saturated heterocycles. The SMILES string of the molecule is CCC1C(=O)NC(C2CCCCC2)C(=O)N1C(C)COC. The van der Waals surface area contributed by atoms with Crippen molar-refractivity contribution in [2.24, 2.45) is 5.92 Å². The summed E-state index contributed by atoms with van der Waals surface area (Å²) < 4.78 is 5.19. The van der Waals surface area contributed by atoms with Crippen LogP contribution in [-0.4, -0.2) is 48.6 Å². The Morgan fingerprint density at radius 3 is 2.52 bits per heavy atom. The van der Waals surface area contributed by atoms with Crippen molar-refractivity contribution in [2.75, 3.05) is 13.7 Å². The van der Waals surface area contributed by atoms with E-state index in [1.165, 1.54) is 6.42 Å². The molecule has 0 aromatic heterocycles. The number of rotatable bonds is 5. The van der Waals surface area contributed by atoms with Gasteiger partial charge in [-0.25, -0.2) is 0 Å². The molecule has 1 saturated carbocycles. The number of ether oxygens (including phenoxy) is 1. The van der Waals surface area contributed by atoms with Crippen molar-refractivity contribution in [1.29, 1.82) is 0 Å². The second-order valence-electron chi connectivity index (χ2n) is 6.36. The first-order valence-corrected chi connectivity index (χ1v) is 8.21. The van der Waals surface area contributed by atoms with Crippen molar-refractivity contribution in [3.63, 3.8) is 0 Å². The second kappa shape index (κ2) is 7.25. The van der Waals surface area contributed by atoms with Gasteiger partial charge in [0.05, 0.1) is 12.6 Å². The molecule has 2 fully saturated rings. The van der Waals surface area contributed by atoms with E-state index in [1.807, 2.05) is 13.8 Å². The highest BCUT2D eigenvalue weighted by Crippen LogP contribution is 2.30. The average Bonchev–Trinajstić information content (AvgIpc) is 2.49. The lowest BCUT2D eigenvalue weighted by Crippen LogP contribution is -2.67. The zero-order chi connectivity index (χ0) is 15.4. The molecule has 1 N–H and O–H groups in total. The van der Waals surface area contributed by atoms with Gasteiger partial charge in [0.15, 0.2) is 0 Å². The molecule has 0 aromatic carbocycles. The number of amides is 2. The summed E-state index contributed by atoms with van der Waals surface area (Å²) in [6.07, 6.45) is 6.29. The smallest absolute Gasteiger partial charge is 0.246 e. The van der Waals surface area contributed by atoms with Gasteiger partial charge in [-0.2, -0.15) is 0 Å². The van der Waals surface area contributed by atoms with E-state index in [2.05, 4.69) is 5.32 Å². The lowest BCUT2D eigenvalue weighted by molar-refractivity contribution is -0.155. The number of carbonyl (C=O) groups is 2. The third kappa shape index (κ3) is 3.39. The normalized spacial score (nSPS) is 29.4. The van der Waals surface area contributed by atoms with Crippen LogP contribution in [0.1, 0.15) is 52.4 Å². The zero-order valence-corrected chi connectivity index (χ0v) is 13.4. The maximum Gasteiger partial charge on any atom is 0.246 e. The van der Waals surface area contributed by atoms with Gasteiger partial charge in [-0.05, 0) is 32.1 Å². The van der Waals surface area contributed by atoms with E-state index in [-0.39, 0.29) is 29.9 Å². The van der Waals surface area contributed by atoms with Crippen LogP contribution in [0.15, 0.2) is 0 Å². The maximum absolute atomic E-state index is 12.9. The molecule has 1 heterocycles. The van der Waals surface area contributed by atoms with E-state index in [0.717, 1.165) is 25.7 Å². The third-order valence-electron chi connectivity index (χ3n) is 4.85. The Kier molecular flexibility index (Phi) is 5.62. The highest BCUT2D eigenvalue weighted by Gasteiger charge is 2.44. The van der Waals surface area contributed by atoms with Crippen molar-refractivity contribution in [3.05, 3.63) is 0 Å². The quantitative estimate of drug-likeness (QED) is 0.840. The van der Waals surface area contributed by atoms with E-state index in [4.69, 9.17) is 4.74 Å². The molecule has 0 spiro atoms. The van der Waals surface area contributed by atoms with Crippen LogP contribution < -0.4 is 5.32 Å². The first kappa shape index (κ1) is 16.3. The fourth-order valence-electron chi connectivity index (χ4n) is 3.77. The van der Waals surface area contributed by atoms with Gasteiger partial charge in [0.2, 0.25) is 11.8 Å². The molecule has 1 aliphatic carbocycles. The summed E-state index contributed by atoms with van der Waals surface area (Å²) in [6, 6.07) is -0.757. The molecule has 120 valence electrons. The standard InChI is InChI=1S/C16H28N2O3/c1-4-13-15(19)17-14(12-8-6-5-7-9-12)16(20)18(13)11(2)10-21-3/h11-14H,4-10H2,1-3H3,(H,17,19). The summed E-state index contributed by atoms with van der Waals surface area (Å²) in [5, 5.41) is 2.99. The van der Waals surface area contributed by atoms with Gasteiger partial charge in [-0.3, -0.25) is 9.59 Å². The van der Waals surface area contributed by atoms with Crippen LogP contribution in [0.4, 0.5) is 0 Å². The fraction of sp³-hybridized carbons (Fsp3) is 0.875. The van der Waals surface area contributed by atoms with E-state index >= 15 is 0 Å². The highest BCUT2D eigenvalue weighted by atomic mass is 16.5. The molecule has 21 heavy (non-hydrogen) atoms. The molecular formula is C16H28N2O3. The van der Waals surface area contributed by atoms with Crippen molar-refractivity contribution < 1.29 is 14.3 Å². The number of methoxy groups -OCH3 is 1. The number of hydrogen-bond acceptors (Lipinski definition) is 3. The van der Waals surface area contributed by atoms with Crippen molar-refractivity contribution in [1.82, 2.24) is 10.2 Å². The van der Waals surface area contributed by atoms with Crippen LogP contribution in [-0.2, 0) is 14.3 Å². The van der Waals surface area contributed by atoms with Gasteiger partial charge in [-0.1, -0.05) is 26.2 Å². The van der Waals surface area contributed by atoms with Crippen molar-refractivity contribution >= 4 is 11.8 Å². The van der Waals surface area contributed by atoms with E-state index < -0.39 is 0 Å². The molecule has 1 aliphatic heterocycles. The van der Waals surface area contributed by atoms with E-state index in [1.54, 1.807) is 12.0 Å². The predicted octanol–water partition coefficient (Wildman–Crippen LogP) is 1.71. The van der Waals surface area contributed by atoms with Gasteiger partial charge >= 0.3 is 0 Å². The summed E-state index contributed by atoms with van der Waals surface area (Å²) >= 11 is 0. The zero-order valence-electron chi connectivity index (χ0n) is 13.4. The fourth-order valence-corrected chi connectivity index (χ4v) is 3.77. The predicted molar refractivity (Wildman–Crippen MR) is 80.8 cm³/mol. The molecule has 0 radical (unpaired) electrons. The summed E-state index contributed by atoms with van der Waals surface area (Å²) in [5.74, 6) is 0.374. The van der Waals surface area contributed by atoms with E-state index in [0.29, 0.717) is 18.9 Å². The summed E-state index contributed by atoms with van der Waals surface area (Å²) in [4.78, 5) is 27.1. The third-order valence-corrected chi connectivity index (χ3v) is 4.85. The molecule has 5 nitrogen and oxygen atoms in total. The van der Waals surface area contributed by atoms with Gasteiger partial charge in [-0.15, -0.1) is 0 Å². The Hall–Kier alpha value is -1.10. The van der Waals surface area contributed by atoms with Crippen LogP contribution in [0, 0.1) is 5.92 Å². The van der Waals surface area contributed by atoms with Crippen LogP contribution in [0.25, 0.3) is 0 Å². The number of carbonyl (C=O) groups excluding carboxylic acids is 2. The Labute approximate surface area is 127 Å². The molecule has 2 aliphatic rings. The first-order chi connectivity index (χ1) is 10.1. The van der Waals surface area contributed by atoms with Crippen LogP contribution in [0.5, 0.6) is 0 Å². The Morgan fingerprint density at radius 1 is 1.29 bits per heavy atom. The number of piperazine rings is 1. The Balaban J connectivity index is 2.18. The summed E-state index contributed by atoms with van der Waals surface area (Å²) in [5.41, 5.74) is 0. The molecule has 5 heteroatoms. The average molecular weight is 296 g/mol. The first-order valence-electron chi connectivity index (χ1n) is 8.21. The van der Waals surface area contributed by atoms with Crippen molar-refractivity contribution in [3.8, 4) is 0 Å². The molecule has 0 aromatic rings. The van der Waals surface area contributed by atoms with Crippen LogP contribution in [0.2, 0.25) is 0 Å². The maximum atomic E-state index is 12.9. The lowest BCUT2D eigenvalue weighted by atomic mass is 9.82.